The van der Waals surface area contributed by atoms with Gasteiger partial charge in [-0.1, -0.05) is 58.6 Å². The number of hydrogen-bond donors (Lipinski definition) is 0. The molecule has 3 atom stereocenters. The highest BCUT2D eigenvalue weighted by Crippen LogP contribution is 2.48. The molecule has 1 aromatic rings. The molecule has 1 heterocycles. The van der Waals surface area contributed by atoms with Crippen LogP contribution in [0.4, 0.5) is 0 Å². The van der Waals surface area contributed by atoms with E-state index in [2.05, 4.69) is 55.7 Å². The molecule has 0 spiro atoms. The van der Waals surface area contributed by atoms with Gasteiger partial charge < -0.3 is 9.30 Å². The topological polar surface area (TPSA) is 27.1 Å². The molecule has 0 amide bonds. The van der Waals surface area contributed by atoms with E-state index in [0.29, 0.717) is 11.8 Å². The Labute approximate surface area is 154 Å². The summed E-state index contributed by atoms with van der Waals surface area (Å²) in [4.78, 5) is 4.68. The fourth-order valence-electron chi connectivity index (χ4n) is 4.41. The van der Waals surface area contributed by atoms with E-state index in [1.807, 2.05) is 13.3 Å². The number of methoxy groups -OCH3 is 1. The summed E-state index contributed by atoms with van der Waals surface area (Å²) in [6.45, 7) is 6.95. The predicted octanol–water partition coefficient (Wildman–Crippen LogP) is 5.87. The summed E-state index contributed by atoms with van der Waals surface area (Å²) in [5.41, 5.74) is 0.190. The zero-order valence-corrected chi connectivity index (χ0v) is 17.0. The van der Waals surface area contributed by atoms with Crippen LogP contribution in [-0.4, -0.2) is 22.8 Å². The van der Waals surface area contributed by atoms with Gasteiger partial charge in [-0.15, -0.1) is 0 Å². The minimum Gasteiger partial charge on any atom is -0.380 e. The molecule has 0 bridgehead atoms. The van der Waals surface area contributed by atoms with Gasteiger partial charge in [-0.05, 0) is 37.0 Å². The fraction of sp³-hybridized carbons (Fsp3) is 0.773. The van der Waals surface area contributed by atoms with Crippen molar-refractivity contribution < 1.29 is 4.74 Å². The molecule has 0 N–H and O–H groups in total. The van der Waals surface area contributed by atoms with Gasteiger partial charge in [0.15, 0.2) is 0 Å². The van der Waals surface area contributed by atoms with Crippen molar-refractivity contribution in [3.63, 3.8) is 0 Å². The lowest BCUT2D eigenvalue weighted by atomic mass is 9.64. The van der Waals surface area contributed by atoms with Crippen LogP contribution in [-0.2, 0) is 11.8 Å². The van der Waals surface area contributed by atoms with Gasteiger partial charge in [-0.2, -0.15) is 0 Å². The quantitative estimate of drug-likeness (QED) is 0.413. The summed E-state index contributed by atoms with van der Waals surface area (Å²) in [7, 11) is 3.97. The minimum absolute atomic E-state index is 0.190. The van der Waals surface area contributed by atoms with Gasteiger partial charge in [0.1, 0.15) is 5.82 Å². The first-order valence-corrected chi connectivity index (χ1v) is 10.2. The van der Waals surface area contributed by atoms with E-state index >= 15 is 0 Å². The van der Waals surface area contributed by atoms with Gasteiger partial charge in [0.05, 0.1) is 12.0 Å². The van der Waals surface area contributed by atoms with Crippen molar-refractivity contribution in [3.05, 3.63) is 30.4 Å². The fourth-order valence-corrected chi connectivity index (χ4v) is 4.41. The number of imidazole rings is 1. The Hall–Kier alpha value is -1.09. The van der Waals surface area contributed by atoms with Gasteiger partial charge >= 0.3 is 0 Å². The second-order valence-electron chi connectivity index (χ2n) is 8.40. The third-order valence-electron chi connectivity index (χ3n) is 5.95. The smallest absolute Gasteiger partial charge is 0.114 e. The molecule has 0 aromatic carbocycles. The second kappa shape index (κ2) is 9.56. The van der Waals surface area contributed by atoms with E-state index in [0.717, 1.165) is 5.82 Å². The van der Waals surface area contributed by atoms with Gasteiger partial charge in [0.2, 0.25) is 0 Å². The lowest BCUT2D eigenvalue weighted by Gasteiger charge is -2.46. The van der Waals surface area contributed by atoms with Crippen LogP contribution in [0.1, 0.15) is 83.9 Å². The zero-order valence-electron chi connectivity index (χ0n) is 17.0. The maximum absolute atomic E-state index is 6.01. The van der Waals surface area contributed by atoms with Gasteiger partial charge in [-0.25, -0.2) is 4.98 Å². The van der Waals surface area contributed by atoms with Crippen molar-refractivity contribution >= 4 is 0 Å². The number of aryl methyl sites for hydroxylation is 1. The van der Waals surface area contributed by atoms with Crippen molar-refractivity contribution in [3.8, 4) is 0 Å². The van der Waals surface area contributed by atoms with Crippen molar-refractivity contribution in [2.24, 2.45) is 18.4 Å². The van der Waals surface area contributed by atoms with E-state index in [-0.39, 0.29) is 11.5 Å². The summed E-state index contributed by atoms with van der Waals surface area (Å²) in [5.74, 6) is 2.03. The molecule has 0 saturated heterocycles. The summed E-state index contributed by atoms with van der Waals surface area (Å²) in [6, 6.07) is 0. The van der Waals surface area contributed by atoms with E-state index in [9.17, 15) is 0 Å². The molecule has 1 saturated carbocycles. The van der Waals surface area contributed by atoms with Crippen LogP contribution in [0.25, 0.3) is 0 Å². The molecule has 2 rings (SSSR count). The Bertz CT molecular complexity index is 532. The maximum atomic E-state index is 6.01. The lowest BCUT2D eigenvalue weighted by Crippen LogP contribution is -2.44. The number of allylic oxidation sites excluding steroid dienone is 2. The van der Waals surface area contributed by atoms with Crippen molar-refractivity contribution in [2.75, 3.05) is 7.11 Å². The third-order valence-corrected chi connectivity index (χ3v) is 5.95. The Morgan fingerprint density at radius 2 is 2.04 bits per heavy atom. The number of aromatic nitrogens is 2. The summed E-state index contributed by atoms with van der Waals surface area (Å²) in [6.07, 6.45) is 19.4. The highest BCUT2D eigenvalue weighted by molar-refractivity contribution is 5.14. The van der Waals surface area contributed by atoms with Crippen LogP contribution in [0.3, 0.4) is 0 Å². The molecule has 3 nitrogen and oxygen atoms in total. The molecule has 1 aromatic heterocycles. The van der Waals surface area contributed by atoms with Crippen LogP contribution in [0.2, 0.25) is 0 Å². The Morgan fingerprint density at radius 1 is 1.28 bits per heavy atom. The number of nitrogens with zero attached hydrogens (tertiary/aromatic N) is 2. The molecule has 1 fully saturated rings. The Morgan fingerprint density at radius 3 is 2.68 bits per heavy atom. The first-order chi connectivity index (χ1) is 12.0. The predicted molar refractivity (Wildman–Crippen MR) is 106 cm³/mol. The maximum Gasteiger partial charge on any atom is 0.114 e. The average Bonchev–Trinajstić information content (AvgIpc) is 3.00. The largest absolute Gasteiger partial charge is 0.380 e. The molecule has 0 aliphatic heterocycles. The van der Waals surface area contributed by atoms with Crippen molar-refractivity contribution in [1.29, 1.82) is 0 Å². The zero-order chi connectivity index (χ0) is 18.3. The molecular formula is C22H38N2O. The Balaban J connectivity index is 2.06. The van der Waals surface area contributed by atoms with E-state index < -0.39 is 0 Å². The van der Waals surface area contributed by atoms with Crippen LogP contribution in [0.15, 0.2) is 24.5 Å². The standard InChI is InChI=1S/C22H38N2O/c1-6-7-8-9-10-11-12-13-18-14-15-22(2,3)20(25-5)19(18)21-23-16-17-24(21)4/h12-13,16-20H,6-11,14-15H2,1-5H3/t18-,19+,20-/m1/s1. The lowest BCUT2D eigenvalue weighted by molar-refractivity contribution is -0.0534. The number of rotatable bonds is 9. The molecule has 3 heteroatoms. The van der Waals surface area contributed by atoms with Crippen LogP contribution >= 0.6 is 0 Å². The van der Waals surface area contributed by atoms with Crippen molar-refractivity contribution in [1.82, 2.24) is 9.55 Å². The first-order valence-electron chi connectivity index (χ1n) is 10.2. The van der Waals surface area contributed by atoms with E-state index in [1.54, 1.807) is 0 Å². The van der Waals surface area contributed by atoms with Crippen molar-refractivity contribution in [2.45, 2.75) is 84.2 Å². The second-order valence-corrected chi connectivity index (χ2v) is 8.40. The number of ether oxygens (including phenoxy) is 1. The summed E-state index contributed by atoms with van der Waals surface area (Å²) >= 11 is 0. The molecule has 142 valence electrons. The van der Waals surface area contributed by atoms with Crippen LogP contribution in [0.5, 0.6) is 0 Å². The SMILES string of the molecule is CCCCCCCC=C[C@@H]1CCC(C)(C)[C@H](OC)[C@H]1c1nccn1C. The summed E-state index contributed by atoms with van der Waals surface area (Å²) in [5, 5.41) is 0. The number of unbranched alkanes of at least 4 members (excludes halogenated alkanes) is 5. The van der Waals surface area contributed by atoms with E-state index in [1.165, 1.54) is 51.4 Å². The van der Waals surface area contributed by atoms with E-state index in [4.69, 9.17) is 4.74 Å². The number of hydrogen-bond acceptors (Lipinski definition) is 2. The average molecular weight is 347 g/mol. The molecule has 0 unspecified atom stereocenters. The van der Waals surface area contributed by atoms with Crippen LogP contribution in [0, 0.1) is 11.3 Å². The van der Waals surface area contributed by atoms with Gasteiger partial charge in [0, 0.05) is 26.6 Å². The molecule has 0 radical (unpaired) electrons. The molecular weight excluding hydrogens is 308 g/mol. The minimum atomic E-state index is 0.190. The first kappa shape index (κ1) is 20.2. The third kappa shape index (κ3) is 5.20. The van der Waals surface area contributed by atoms with Gasteiger partial charge in [0.25, 0.3) is 0 Å². The monoisotopic (exact) mass is 346 g/mol. The normalized spacial score (nSPS) is 26.4. The molecule has 1 aliphatic carbocycles. The van der Waals surface area contributed by atoms with Crippen LogP contribution < -0.4 is 0 Å². The highest BCUT2D eigenvalue weighted by atomic mass is 16.5. The summed E-state index contributed by atoms with van der Waals surface area (Å²) < 4.78 is 8.18. The Kier molecular flexibility index (Phi) is 7.74. The van der Waals surface area contributed by atoms with Gasteiger partial charge in [-0.3, -0.25) is 0 Å². The molecule has 25 heavy (non-hydrogen) atoms. The highest BCUT2D eigenvalue weighted by Gasteiger charge is 2.45. The molecule has 1 aliphatic rings.